The maximum Gasteiger partial charge on any atom is 0.416 e. The summed E-state index contributed by atoms with van der Waals surface area (Å²) in [6, 6.07) is 6.48. The summed E-state index contributed by atoms with van der Waals surface area (Å²) in [7, 11) is 0. The standard InChI is InChI=1S/C28H14ClF6N5O2/c29-19-2-1-15(30)8-17(19)25-24-18(27(42)39-25)5-12(21-11-40-22(32)9-37-23(40)10-36-21)6-20(24)38-26(41)13-3-14(28(33,34)35)7-16(31)4-13/h1-11,25H,(H,38,41)(H,39,42)/t25-/m0/s1. The smallest absolute Gasteiger partial charge is 0.341 e. The number of nitrogens with one attached hydrogen (secondary N) is 2. The van der Waals surface area contributed by atoms with Gasteiger partial charge in [-0.25, -0.2) is 13.8 Å². The summed E-state index contributed by atoms with van der Waals surface area (Å²) < 4.78 is 83.5. The predicted molar refractivity (Wildman–Crippen MR) is 138 cm³/mol. The van der Waals surface area contributed by atoms with Gasteiger partial charge in [-0.05, 0) is 48.5 Å². The number of fused-ring (bicyclic) bond motifs is 2. The van der Waals surface area contributed by atoms with E-state index in [1.54, 1.807) is 0 Å². The van der Waals surface area contributed by atoms with E-state index in [1.165, 1.54) is 30.6 Å². The normalized spacial score (nSPS) is 14.6. The minimum atomic E-state index is -4.93. The molecule has 0 aliphatic carbocycles. The molecule has 1 aliphatic heterocycles. The Balaban J connectivity index is 1.52. The molecule has 3 heterocycles. The van der Waals surface area contributed by atoms with Crippen molar-refractivity contribution in [1.82, 2.24) is 19.7 Å². The van der Waals surface area contributed by atoms with Crippen molar-refractivity contribution in [1.29, 1.82) is 0 Å². The van der Waals surface area contributed by atoms with Crippen LogP contribution in [0.15, 0.2) is 67.1 Å². The largest absolute Gasteiger partial charge is 0.416 e. The van der Waals surface area contributed by atoms with Crippen LogP contribution in [0.5, 0.6) is 0 Å². The number of imidazole rings is 1. The summed E-state index contributed by atoms with van der Waals surface area (Å²) in [5.74, 6) is -4.44. The zero-order valence-corrected chi connectivity index (χ0v) is 21.5. The summed E-state index contributed by atoms with van der Waals surface area (Å²) in [5.41, 5.74) is -1.34. The van der Waals surface area contributed by atoms with Crippen LogP contribution in [-0.2, 0) is 6.18 Å². The van der Waals surface area contributed by atoms with Gasteiger partial charge < -0.3 is 10.6 Å². The monoisotopic (exact) mass is 601 g/mol. The summed E-state index contributed by atoms with van der Waals surface area (Å²) in [6.07, 6.45) is -1.39. The molecule has 2 aromatic heterocycles. The van der Waals surface area contributed by atoms with Crippen LogP contribution in [-0.4, -0.2) is 26.2 Å². The number of benzene rings is 3. The van der Waals surface area contributed by atoms with E-state index < -0.39 is 52.7 Å². The van der Waals surface area contributed by atoms with Crippen LogP contribution in [0, 0.1) is 17.6 Å². The zero-order chi connectivity index (χ0) is 29.9. The molecule has 212 valence electrons. The number of carbonyl (C=O) groups is 2. The van der Waals surface area contributed by atoms with Gasteiger partial charge in [-0.2, -0.15) is 17.6 Å². The fraction of sp³-hybridized carbons (Fsp3) is 0.0714. The first kappa shape index (κ1) is 27.3. The van der Waals surface area contributed by atoms with Gasteiger partial charge in [0, 0.05) is 44.7 Å². The highest BCUT2D eigenvalue weighted by Gasteiger charge is 2.36. The first-order chi connectivity index (χ1) is 19.9. The van der Waals surface area contributed by atoms with Gasteiger partial charge in [0.25, 0.3) is 11.8 Å². The van der Waals surface area contributed by atoms with Crippen LogP contribution < -0.4 is 10.6 Å². The molecule has 5 aromatic rings. The lowest BCUT2D eigenvalue weighted by Crippen LogP contribution is -2.21. The van der Waals surface area contributed by atoms with E-state index >= 15 is 0 Å². The van der Waals surface area contributed by atoms with Crippen LogP contribution in [0.1, 0.15) is 43.4 Å². The molecule has 2 amide bonds. The number of carbonyl (C=O) groups excluding carboxylic acids is 2. The molecule has 0 spiro atoms. The maximum atomic E-state index is 14.2. The second-order valence-electron chi connectivity index (χ2n) is 9.32. The number of rotatable bonds is 4. The van der Waals surface area contributed by atoms with Crippen LogP contribution in [0.4, 0.5) is 32.0 Å². The average molecular weight is 602 g/mol. The third-order valence-electron chi connectivity index (χ3n) is 6.64. The van der Waals surface area contributed by atoms with Crippen LogP contribution in [0.25, 0.3) is 16.9 Å². The van der Waals surface area contributed by atoms with E-state index in [1.807, 2.05) is 0 Å². The summed E-state index contributed by atoms with van der Waals surface area (Å²) in [6.45, 7) is 0. The molecule has 7 nitrogen and oxygen atoms in total. The molecule has 0 bridgehead atoms. The Labute approximate surface area is 236 Å². The fourth-order valence-electron chi connectivity index (χ4n) is 4.74. The lowest BCUT2D eigenvalue weighted by molar-refractivity contribution is -0.137. The number of hydrogen-bond acceptors (Lipinski definition) is 4. The Bertz CT molecular complexity index is 1940. The van der Waals surface area contributed by atoms with Crippen molar-refractivity contribution in [3.8, 4) is 11.3 Å². The van der Waals surface area contributed by atoms with Crippen molar-refractivity contribution in [2.75, 3.05) is 5.32 Å². The SMILES string of the molecule is O=C(Nc1cc(-c2cn3c(F)cnc3cn2)cc2c1[C@H](c1cc(F)ccc1Cl)NC2=O)c1cc(F)cc(C(F)(F)F)c1. The third kappa shape index (κ3) is 4.81. The third-order valence-corrected chi connectivity index (χ3v) is 6.98. The number of aromatic nitrogens is 3. The highest BCUT2D eigenvalue weighted by atomic mass is 35.5. The predicted octanol–water partition coefficient (Wildman–Crippen LogP) is 6.57. The van der Waals surface area contributed by atoms with Crippen LogP contribution >= 0.6 is 11.6 Å². The molecule has 0 saturated heterocycles. The fourth-order valence-corrected chi connectivity index (χ4v) is 4.97. The Morgan fingerprint density at radius 1 is 0.976 bits per heavy atom. The van der Waals surface area contributed by atoms with Gasteiger partial charge in [-0.3, -0.25) is 19.0 Å². The second kappa shape index (κ2) is 9.87. The van der Waals surface area contributed by atoms with E-state index in [2.05, 4.69) is 20.6 Å². The first-order valence-electron chi connectivity index (χ1n) is 12.0. The molecule has 1 aliphatic rings. The molecule has 0 unspecified atom stereocenters. The van der Waals surface area contributed by atoms with Gasteiger partial charge in [0.1, 0.15) is 11.6 Å². The topological polar surface area (TPSA) is 88.4 Å². The van der Waals surface area contributed by atoms with E-state index in [9.17, 15) is 35.9 Å². The first-order valence-corrected chi connectivity index (χ1v) is 12.4. The van der Waals surface area contributed by atoms with Gasteiger partial charge in [-0.15, -0.1) is 0 Å². The van der Waals surface area contributed by atoms with Crippen molar-refractivity contribution < 1.29 is 35.9 Å². The molecule has 14 heteroatoms. The molecule has 0 radical (unpaired) electrons. The number of alkyl halides is 3. The highest BCUT2D eigenvalue weighted by molar-refractivity contribution is 6.31. The van der Waals surface area contributed by atoms with Crippen LogP contribution in [0.3, 0.4) is 0 Å². The lowest BCUT2D eigenvalue weighted by Gasteiger charge is -2.19. The minimum Gasteiger partial charge on any atom is -0.341 e. The number of anilines is 1. The second-order valence-corrected chi connectivity index (χ2v) is 9.73. The summed E-state index contributed by atoms with van der Waals surface area (Å²) in [5, 5.41) is 5.19. The Morgan fingerprint density at radius 3 is 2.52 bits per heavy atom. The van der Waals surface area contributed by atoms with Gasteiger partial charge in [0.05, 0.1) is 29.7 Å². The molecule has 6 rings (SSSR count). The Morgan fingerprint density at radius 2 is 1.76 bits per heavy atom. The number of halogens is 7. The lowest BCUT2D eigenvalue weighted by atomic mass is 9.93. The van der Waals surface area contributed by atoms with E-state index in [0.717, 1.165) is 22.7 Å². The van der Waals surface area contributed by atoms with Gasteiger partial charge in [0.2, 0.25) is 5.95 Å². The molecule has 42 heavy (non-hydrogen) atoms. The van der Waals surface area contributed by atoms with E-state index in [-0.39, 0.29) is 50.4 Å². The van der Waals surface area contributed by atoms with Crippen molar-refractivity contribution >= 4 is 34.7 Å². The molecule has 0 fully saturated rings. The van der Waals surface area contributed by atoms with Gasteiger partial charge in [0.15, 0.2) is 5.65 Å². The van der Waals surface area contributed by atoms with Crippen molar-refractivity contribution in [3.05, 3.63) is 118 Å². The molecule has 2 N–H and O–H groups in total. The zero-order valence-electron chi connectivity index (χ0n) is 20.7. The highest BCUT2D eigenvalue weighted by Crippen LogP contribution is 2.42. The quantitative estimate of drug-likeness (QED) is 0.228. The minimum absolute atomic E-state index is 0.00338. The number of amides is 2. The van der Waals surface area contributed by atoms with E-state index in [0.29, 0.717) is 12.1 Å². The average Bonchev–Trinajstić information content (AvgIpc) is 3.48. The maximum absolute atomic E-state index is 14.2. The summed E-state index contributed by atoms with van der Waals surface area (Å²) >= 11 is 6.30. The van der Waals surface area contributed by atoms with Gasteiger partial charge in [-0.1, -0.05) is 11.6 Å². The molecular formula is C28H14ClF6N5O2. The van der Waals surface area contributed by atoms with Crippen LogP contribution in [0.2, 0.25) is 5.02 Å². The Kier molecular flexibility index (Phi) is 6.41. The van der Waals surface area contributed by atoms with E-state index in [4.69, 9.17) is 11.6 Å². The molecule has 1 atom stereocenters. The molecular weight excluding hydrogens is 588 g/mol. The number of nitrogens with zero attached hydrogens (tertiary/aromatic N) is 3. The Hall–Kier alpha value is -4.91. The summed E-state index contributed by atoms with van der Waals surface area (Å²) in [4.78, 5) is 34.4. The van der Waals surface area contributed by atoms with Gasteiger partial charge >= 0.3 is 6.18 Å². The number of hydrogen-bond donors (Lipinski definition) is 2. The molecule has 3 aromatic carbocycles. The molecule has 0 saturated carbocycles. The van der Waals surface area contributed by atoms with Crippen molar-refractivity contribution in [2.45, 2.75) is 12.2 Å². The van der Waals surface area contributed by atoms with Crippen molar-refractivity contribution in [3.63, 3.8) is 0 Å². The van der Waals surface area contributed by atoms with Crippen molar-refractivity contribution in [2.24, 2.45) is 0 Å².